The number of carboxylic acids is 1. The van der Waals surface area contributed by atoms with Gasteiger partial charge in [0.15, 0.2) is 5.65 Å². The maximum Gasteiger partial charge on any atom is 0.331 e. The first-order valence-corrected chi connectivity index (χ1v) is 13.1. The molecule has 0 fully saturated rings. The first-order chi connectivity index (χ1) is 16.2. The van der Waals surface area contributed by atoms with Crippen molar-refractivity contribution >= 4 is 27.9 Å². The number of benzene rings is 1. The number of fused-ring (bicyclic) bond motifs is 1. The number of aliphatic carboxylic acids is 1. The molecule has 2 aromatic heterocycles. The SMILES string of the molecule is CCC.CCCC(CCC)n1c(=O)n(CC(=O)O)c2cccnc21.CS(=O)c1ccc(F)cc1. The Hall–Kier alpha value is -2.81. The van der Waals surface area contributed by atoms with E-state index in [1.165, 1.54) is 35.3 Å². The predicted octanol–water partition coefficient (Wildman–Crippen LogP) is 5.40. The summed E-state index contributed by atoms with van der Waals surface area (Å²) in [5, 5.41) is 9.02. The van der Waals surface area contributed by atoms with Crippen LogP contribution in [0.25, 0.3) is 11.2 Å². The van der Waals surface area contributed by atoms with Gasteiger partial charge in [-0.1, -0.05) is 47.0 Å². The molecule has 0 bridgehead atoms. The first kappa shape index (κ1) is 29.2. The standard InChI is InChI=1S/C15H21N3O3.C7H7FOS.C3H8/c1-3-6-11(7-4-2)18-14-12(8-5-9-16-14)17(15(18)21)10-13(19)20;1-10(9)7-4-2-6(8)3-5-7;1-3-2/h5,8-9,11H,3-4,6-7,10H2,1-2H3,(H,19,20);2-5H,1H3;3H2,1-2H3. The third-order valence-corrected chi connectivity index (χ3v) is 5.71. The molecule has 2 heterocycles. The molecule has 1 unspecified atom stereocenters. The lowest BCUT2D eigenvalue weighted by atomic mass is 10.1. The van der Waals surface area contributed by atoms with E-state index in [2.05, 4.69) is 32.7 Å². The minimum Gasteiger partial charge on any atom is -0.480 e. The maximum absolute atomic E-state index is 12.6. The lowest BCUT2D eigenvalue weighted by Gasteiger charge is -2.16. The van der Waals surface area contributed by atoms with E-state index in [0.717, 1.165) is 25.7 Å². The smallest absolute Gasteiger partial charge is 0.331 e. The van der Waals surface area contributed by atoms with Crippen molar-refractivity contribution in [3.63, 3.8) is 0 Å². The summed E-state index contributed by atoms with van der Waals surface area (Å²) in [7, 11) is -1.00. The van der Waals surface area contributed by atoms with Crippen molar-refractivity contribution in [3.05, 3.63) is 58.9 Å². The van der Waals surface area contributed by atoms with E-state index in [9.17, 15) is 18.2 Å². The van der Waals surface area contributed by atoms with Gasteiger partial charge < -0.3 is 5.11 Å². The molecule has 188 valence electrons. The quantitative estimate of drug-likeness (QED) is 0.453. The average Bonchev–Trinajstić information content (AvgIpc) is 3.06. The fourth-order valence-corrected chi connectivity index (χ4v) is 3.94. The topological polar surface area (TPSA) is 94.2 Å². The largest absolute Gasteiger partial charge is 0.480 e. The van der Waals surface area contributed by atoms with Gasteiger partial charge in [-0.3, -0.25) is 18.1 Å². The van der Waals surface area contributed by atoms with Gasteiger partial charge in [-0.05, 0) is 49.2 Å². The number of halogens is 1. The fourth-order valence-electron chi connectivity index (χ4n) is 3.42. The Morgan fingerprint density at radius 1 is 1.09 bits per heavy atom. The highest BCUT2D eigenvalue weighted by Crippen LogP contribution is 2.23. The van der Waals surface area contributed by atoms with E-state index in [0.29, 0.717) is 16.1 Å². The van der Waals surface area contributed by atoms with Crippen molar-refractivity contribution in [1.82, 2.24) is 14.1 Å². The molecule has 34 heavy (non-hydrogen) atoms. The molecule has 3 aromatic rings. The van der Waals surface area contributed by atoms with Crippen LogP contribution in [-0.2, 0) is 22.1 Å². The summed E-state index contributed by atoms with van der Waals surface area (Å²) in [5.41, 5.74) is 0.885. The van der Waals surface area contributed by atoms with Crippen LogP contribution >= 0.6 is 0 Å². The van der Waals surface area contributed by atoms with Crippen LogP contribution in [0.5, 0.6) is 0 Å². The third-order valence-electron chi connectivity index (χ3n) is 4.77. The van der Waals surface area contributed by atoms with E-state index in [1.54, 1.807) is 29.2 Å². The predicted molar refractivity (Wildman–Crippen MR) is 135 cm³/mol. The minimum absolute atomic E-state index is 0.0694. The monoisotopic (exact) mass is 493 g/mol. The molecule has 1 atom stereocenters. The number of imidazole rings is 1. The van der Waals surface area contributed by atoms with Crippen molar-refractivity contribution in [2.75, 3.05) is 6.26 Å². The fraction of sp³-hybridized carbons (Fsp3) is 0.480. The number of carboxylic acid groups (broad SMARTS) is 1. The molecule has 1 N–H and O–H groups in total. The van der Waals surface area contributed by atoms with Crippen LogP contribution in [-0.4, -0.2) is 35.7 Å². The Morgan fingerprint density at radius 3 is 2.12 bits per heavy atom. The molecule has 0 saturated carbocycles. The third kappa shape index (κ3) is 8.52. The molecule has 0 saturated heterocycles. The summed E-state index contributed by atoms with van der Waals surface area (Å²) < 4.78 is 26.0. The zero-order valence-electron chi connectivity index (χ0n) is 20.7. The number of carbonyl (C=O) groups is 1. The van der Waals surface area contributed by atoms with Crippen LogP contribution in [0.3, 0.4) is 0 Å². The number of rotatable bonds is 8. The second kappa shape index (κ2) is 15.2. The van der Waals surface area contributed by atoms with Crippen molar-refractivity contribution in [1.29, 1.82) is 0 Å². The first-order valence-electron chi connectivity index (χ1n) is 11.6. The molecule has 3 rings (SSSR count). The summed E-state index contributed by atoms with van der Waals surface area (Å²) in [5.74, 6) is -1.32. The van der Waals surface area contributed by atoms with Crippen LogP contribution in [0.15, 0.2) is 52.3 Å². The van der Waals surface area contributed by atoms with Crippen LogP contribution in [0, 0.1) is 5.82 Å². The van der Waals surface area contributed by atoms with Gasteiger partial charge in [0.05, 0.1) is 5.52 Å². The van der Waals surface area contributed by atoms with Crippen LogP contribution in [0.2, 0.25) is 0 Å². The summed E-state index contributed by atoms with van der Waals surface area (Å²) in [6.45, 7) is 8.08. The summed E-state index contributed by atoms with van der Waals surface area (Å²) >= 11 is 0. The van der Waals surface area contributed by atoms with Gasteiger partial charge in [-0.15, -0.1) is 0 Å². The number of hydrogen-bond donors (Lipinski definition) is 1. The van der Waals surface area contributed by atoms with Gasteiger partial charge in [0.2, 0.25) is 0 Å². The Morgan fingerprint density at radius 2 is 1.65 bits per heavy atom. The highest BCUT2D eigenvalue weighted by atomic mass is 32.2. The van der Waals surface area contributed by atoms with Crippen molar-refractivity contribution in [2.45, 2.75) is 77.3 Å². The molecule has 0 aliphatic rings. The van der Waals surface area contributed by atoms with Crippen LogP contribution < -0.4 is 5.69 Å². The second-order valence-corrected chi connectivity index (χ2v) is 9.20. The highest BCUT2D eigenvalue weighted by Gasteiger charge is 2.21. The second-order valence-electron chi connectivity index (χ2n) is 7.82. The molecule has 9 heteroatoms. The number of pyridine rings is 1. The molecule has 1 aromatic carbocycles. The average molecular weight is 494 g/mol. The van der Waals surface area contributed by atoms with Crippen LogP contribution in [0.4, 0.5) is 4.39 Å². The number of aromatic nitrogens is 3. The molecule has 7 nitrogen and oxygen atoms in total. The highest BCUT2D eigenvalue weighted by molar-refractivity contribution is 7.84. The van der Waals surface area contributed by atoms with Gasteiger partial charge in [0, 0.05) is 34.2 Å². The Bertz CT molecular complexity index is 1100. The van der Waals surface area contributed by atoms with Crippen molar-refractivity contribution in [3.8, 4) is 0 Å². The van der Waals surface area contributed by atoms with E-state index >= 15 is 0 Å². The molecule has 0 aliphatic carbocycles. The normalized spacial score (nSPS) is 11.4. The molecular weight excluding hydrogens is 457 g/mol. The van der Waals surface area contributed by atoms with Gasteiger partial charge in [-0.2, -0.15) is 0 Å². The Labute approximate surface area is 203 Å². The molecule has 0 radical (unpaired) electrons. The Balaban J connectivity index is 0.000000369. The van der Waals surface area contributed by atoms with Gasteiger partial charge in [0.25, 0.3) is 0 Å². The van der Waals surface area contributed by atoms with E-state index in [1.807, 2.05) is 0 Å². The number of nitrogens with zero attached hydrogens (tertiary/aromatic N) is 3. The van der Waals surface area contributed by atoms with Gasteiger partial charge >= 0.3 is 11.7 Å². The molecular formula is C25H36FN3O4S. The van der Waals surface area contributed by atoms with Gasteiger partial charge in [0.1, 0.15) is 12.4 Å². The lowest BCUT2D eigenvalue weighted by Crippen LogP contribution is -2.29. The number of hydrogen-bond acceptors (Lipinski definition) is 4. The minimum atomic E-state index is -1.03. The summed E-state index contributed by atoms with van der Waals surface area (Å²) in [6.07, 6.45) is 8.16. The van der Waals surface area contributed by atoms with E-state index in [4.69, 9.17) is 5.11 Å². The maximum atomic E-state index is 12.6. The van der Waals surface area contributed by atoms with Crippen molar-refractivity contribution < 1.29 is 18.5 Å². The lowest BCUT2D eigenvalue weighted by molar-refractivity contribution is -0.137. The van der Waals surface area contributed by atoms with Crippen molar-refractivity contribution in [2.24, 2.45) is 0 Å². The van der Waals surface area contributed by atoms with Gasteiger partial charge in [-0.25, -0.2) is 14.2 Å². The van der Waals surface area contributed by atoms with Crippen LogP contribution in [0.1, 0.15) is 65.8 Å². The summed E-state index contributed by atoms with van der Waals surface area (Å²) in [6, 6.07) is 9.18. The molecule has 0 aliphatic heterocycles. The summed E-state index contributed by atoms with van der Waals surface area (Å²) in [4.78, 5) is 28.6. The van der Waals surface area contributed by atoms with E-state index < -0.39 is 16.8 Å². The Kier molecular flexibility index (Phi) is 13.0. The zero-order chi connectivity index (χ0) is 25.7. The molecule has 0 amide bonds. The zero-order valence-corrected chi connectivity index (χ0v) is 21.5. The van der Waals surface area contributed by atoms with E-state index in [-0.39, 0.29) is 24.1 Å². The molecule has 0 spiro atoms.